The molecule has 0 aliphatic carbocycles. The summed E-state index contributed by atoms with van der Waals surface area (Å²) in [4.78, 5) is -0.354. The molecule has 0 fully saturated rings. The Morgan fingerprint density at radius 2 is 2.06 bits per heavy atom. The average Bonchev–Trinajstić information content (AvgIpc) is 2.17. The van der Waals surface area contributed by atoms with Gasteiger partial charge in [0.1, 0.15) is 11.8 Å². The standard InChI is InChI=1S/C9H8F2N2O3S/c1-5-2-6(4-12)7(16-9(10)11)3-8(5)17(13,14)15/h2-3,9H,1H3,(H2,13,14,15). The maximum Gasteiger partial charge on any atom is 0.387 e. The third-order valence-corrected chi connectivity index (χ3v) is 2.97. The number of primary sulfonamides is 1. The van der Waals surface area contributed by atoms with E-state index in [-0.39, 0.29) is 16.0 Å². The third-order valence-electron chi connectivity index (χ3n) is 1.92. The molecule has 0 aliphatic rings. The van der Waals surface area contributed by atoms with Gasteiger partial charge in [-0.3, -0.25) is 0 Å². The number of rotatable bonds is 3. The van der Waals surface area contributed by atoms with Gasteiger partial charge in [0.05, 0.1) is 10.5 Å². The highest BCUT2D eigenvalue weighted by atomic mass is 32.2. The van der Waals surface area contributed by atoms with E-state index in [4.69, 9.17) is 10.4 Å². The number of halogens is 2. The number of aryl methyl sites for hydroxylation is 1. The second-order valence-electron chi connectivity index (χ2n) is 3.15. The highest BCUT2D eigenvalue weighted by Crippen LogP contribution is 2.26. The van der Waals surface area contributed by atoms with Crippen molar-refractivity contribution in [2.24, 2.45) is 5.14 Å². The quantitative estimate of drug-likeness (QED) is 0.883. The predicted molar refractivity (Wildman–Crippen MR) is 53.9 cm³/mol. The Balaban J connectivity index is 3.45. The molecule has 5 nitrogen and oxygen atoms in total. The van der Waals surface area contributed by atoms with E-state index in [1.54, 1.807) is 6.07 Å². The van der Waals surface area contributed by atoms with E-state index in [1.165, 1.54) is 6.92 Å². The molecule has 0 saturated carbocycles. The molecule has 17 heavy (non-hydrogen) atoms. The lowest BCUT2D eigenvalue weighted by Gasteiger charge is -2.10. The molecule has 1 rings (SSSR count). The summed E-state index contributed by atoms with van der Waals surface area (Å²) < 4.78 is 50.4. The number of alkyl halides is 2. The zero-order chi connectivity index (χ0) is 13.2. The van der Waals surface area contributed by atoms with Gasteiger partial charge in [-0.25, -0.2) is 13.6 Å². The maximum atomic E-state index is 12.1. The summed E-state index contributed by atoms with van der Waals surface area (Å²) in [6, 6.07) is 3.56. The molecular weight excluding hydrogens is 254 g/mol. The number of nitrogens with zero attached hydrogens (tertiary/aromatic N) is 1. The van der Waals surface area contributed by atoms with E-state index < -0.39 is 22.4 Å². The summed E-state index contributed by atoms with van der Waals surface area (Å²) in [5.41, 5.74) is 0.000802. The summed E-state index contributed by atoms with van der Waals surface area (Å²) >= 11 is 0. The summed E-state index contributed by atoms with van der Waals surface area (Å²) in [6.45, 7) is -1.76. The smallest absolute Gasteiger partial charge is 0.387 e. The molecule has 0 atom stereocenters. The lowest BCUT2D eigenvalue weighted by Crippen LogP contribution is -2.15. The molecule has 0 radical (unpaired) electrons. The molecule has 0 amide bonds. The lowest BCUT2D eigenvalue weighted by atomic mass is 10.1. The number of sulfonamides is 1. The molecule has 0 saturated heterocycles. The molecule has 0 unspecified atom stereocenters. The first-order valence-corrected chi connectivity index (χ1v) is 5.82. The van der Waals surface area contributed by atoms with Crippen LogP contribution in [0.25, 0.3) is 0 Å². The van der Waals surface area contributed by atoms with E-state index in [1.807, 2.05) is 0 Å². The molecule has 0 spiro atoms. The molecule has 1 aromatic rings. The van der Waals surface area contributed by atoms with Gasteiger partial charge in [0.2, 0.25) is 10.0 Å². The van der Waals surface area contributed by atoms with Crippen LogP contribution in [-0.2, 0) is 10.0 Å². The molecule has 0 heterocycles. The van der Waals surface area contributed by atoms with Gasteiger partial charge in [-0.2, -0.15) is 14.0 Å². The molecule has 0 aliphatic heterocycles. The SMILES string of the molecule is Cc1cc(C#N)c(OC(F)F)cc1S(N)(=O)=O. The van der Waals surface area contributed by atoms with Gasteiger partial charge in [-0.1, -0.05) is 0 Å². The van der Waals surface area contributed by atoms with E-state index in [0.717, 1.165) is 12.1 Å². The predicted octanol–water partition coefficient (Wildman–Crippen LogP) is 1.12. The minimum atomic E-state index is -4.05. The van der Waals surface area contributed by atoms with Crippen LogP contribution in [0.3, 0.4) is 0 Å². The average molecular weight is 262 g/mol. The fourth-order valence-electron chi connectivity index (χ4n) is 1.26. The second-order valence-corrected chi connectivity index (χ2v) is 4.68. The van der Waals surface area contributed by atoms with Crippen molar-refractivity contribution in [3.8, 4) is 11.8 Å². The van der Waals surface area contributed by atoms with E-state index in [0.29, 0.717) is 0 Å². The Labute approximate surface area is 96.5 Å². The van der Waals surface area contributed by atoms with Gasteiger partial charge in [0, 0.05) is 6.07 Å². The minimum absolute atomic E-state index is 0.185. The van der Waals surface area contributed by atoms with E-state index in [9.17, 15) is 17.2 Å². The fourth-order valence-corrected chi connectivity index (χ4v) is 2.04. The largest absolute Gasteiger partial charge is 0.433 e. The highest BCUT2D eigenvalue weighted by Gasteiger charge is 2.18. The van der Waals surface area contributed by atoms with Crippen LogP contribution in [0.15, 0.2) is 17.0 Å². The topological polar surface area (TPSA) is 93.2 Å². The van der Waals surface area contributed by atoms with Gasteiger partial charge in [-0.05, 0) is 18.6 Å². The molecule has 0 bridgehead atoms. The summed E-state index contributed by atoms with van der Waals surface area (Å²) in [5.74, 6) is -0.517. The van der Waals surface area contributed by atoms with Crippen LogP contribution in [0.4, 0.5) is 8.78 Å². The first-order chi connectivity index (χ1) is 7.75. The molecule has 1 aromatic carbocycles. The van der Waals surface area contributed by atoms with Crippen molar-refractivity contribution in [1.29, 1.82) is 5.26 Å². The van der Waals surface area contributed by atoms with Gasteiger partial charge < -0.3 is 4.74 Å². The zero-order valence-corrected chi connectivity index (χ0v) is 9.46. The van der Waals surface area contributed by atoms with Crippen LogP contribution in [0.2, 0.25) is 0 Å². The highest BCUT2D eigenvalue weighted by molar-refractivity contribution is 7.89. The molecule has 2 N–H and O–H groups in total. The summed E-state index contributed by atoms with van der Waals surface area (Å²) in [6.07, 6.45) is 0. The minimum Gasteiger partial charge on any atom is -0.433 e. The fraction of sp³-hybridized carbons (Fsp3) is 0.222. The molecule has 92 valence electrons. The van der Waals surface area contributed by atoms with Gasteiger partial charge in [-0.15, -0.1) is 0 Å². The van der Waals surface area contributed by atoms with Gasteiger partial charge in [0.25, 0.3) is 0 Å². The van der Waals surface area contributed by atoms with Crippen molar-refractivity contribution in [3.05, 3.63) is 23.3 Å². The van der Waals surface area contributed by atoms with Crippen LogP contribution < -0.4 is 9.88 Å². The Morgan fingerprint density at radius 1 is 1.47 bits per heavy atom. The van der Waals surface area contributed by atoms with Gasteiger partial charge >= 0.3 is 6.61 Å². The van der Waals surface area contributed by atoms with Crippen LogP contribution in [-0.4, -0.2) is 15.0 Å². The first kappa shape index (κ1) is 13.3. The Kier molecular flexibility index (Phi) is 3.65. The van der Waals surface area contributed by atoms with Crippen LogP contribution >= 0.6 is 0 Å². The Hall–Kier alpha value is -1.72. The van der Waals surface area contributed by atoms with Crippen molar-refractivity contribution in [1.82, 2.24) is 0 Å². The van der Waals surface area contributed by atoms with Crippen molar-refractivity contribution in [2.45, 2.75) is 18.4 Å². The number of benzene rings is 1. The number of nitriles is 1. The lowest BCUT2D eigenvalue weighted by molar-refractivity contribution is -0.0502. The summed E-state index contributed by atoms with van der Waals surface area (Å²) in [7, 11) is -4.05. The Morgan fingerprint density at radius 3 is 2.47 bits per heavy atom. The number of hydrogen-bond acceptors (Lipinski definition) is 4. The van der Waals surface area contributed by atoms with E-state index >= 15 is 0 Å². The molecular formula is C9H8F2N2O3S. The van der Waals surface area contributed by atoms with Crippen LogP contribution in [0.5, 0.6) is 5.75 Å². The maximum absolute atomic E-state index is 12.1. The van der Waals surface area contributed by atoms with Crippen molar-refractivity contribution < 1.29 is 21.9 Å². The van der Waals surface area contributed by atoms with E-state index in [2.05, 4.69) is 4.74 Å². The van der Waals surface area contributed by atoms with Gasteiger partial charge in [0.15, 0.2) is 0 Å². The number of ether oxygens (including phenoxy) is 1. The van der Waals surface area contributed by atoms with Crippen LogP contribution in [0, 0.1) is 18.3 Å². The van der Waals surface area contributed by atoms with Crippen molar-refractivity contribution in [2.75, 3.05) is 0 Å². The third kappa shape index (κ3) is 3.12. The monoisotopic (exact) mass is 262 g/mol. The number of nitrogens with two attached hydrogens (primary N) is 1. The van der Waals surface area contributed by atoms with Crippen molar-refractivity contribution >= 4 is 10.0 Å². The second kappa shape index (κ2) is 4.65. The molecule has 8 heteroatoms. The normalized spacial score (nSPS) is 11.3. The first-order valence-electron chi connectivity index (χ1n) is 4.28. The summed E-state index contributed by atoms with van der Waals surface area (Å²) in [5, 5.41) is 13.6. The van der Waals surface area contributed by atoms with Crippen molar-refractivity contribution in [3.63, 3.8) is 0 Å². The Bertz CT molecular complexity index is 579. The number of hydrogen-bond donors (Lipinski definition) is 1. The molecule has 0 aromatic heterocycles. The van der Waals surface area contributed by atoms with Crippen LogP contribution in [0.1, 0.15) is 11.1 Å². The zero-order valence-electron chi connectivity index (χ0n) is 8.65.